The number of rotatable bonds is 6. The summed E-state index contributed by atoms with van der Waals surface area (Å²) in [6, 6.07) is 7.89. The lowest BCUT2D eigenvalue weighted by atomic mass is 10.1. The number of thiazole rings is 1. The molecule has 0 aliphatic rings. The Kier molecular flexibility index (Phi) is 4.47. The Morgan fingerprint density at radius 3 is 2.72 bits per heavy atom. The Bertz CT molecular complexity index is 491. The van der Waals surface area contributed by atoms with Crippen LogP contribution in [0.25, 0.3) is 0 Å². The van der Waals surface area contributed by atoms with E-state index < -0.39 is 0 Å². The van der Waals surface area contributed by atoms with Crippen molar-refractivity contribution in [2.24, 2.45) is 0 Å². The Morgan fingerprint density at radius 2 is 2.11 bits per heavy atom. The van der Waals surface area contributed by atoms with Gasteiger partial charge >= 0.3 is 0 Å². The van der Waals surface area contributed by atoms with Crippen LogP contribution in [-0.4, -0.2) is 10.8 Å². The highest BCUT2D eigenvalue weighted by atomic mass is 32.1. The van der Waals surface area contributed by atoms with Crippen LogP contribution in [0.5, 0.6) is 5.75 Å². The smallest absolute Gasteiger partial charge is 0.130 e. The van der Waals surface area contributed by atoms with Gasteiger partial charge in [0.15, 0.2) is 0 Å². The van der Waals surface area contributed by atoms with Gasteiger partial charge < -0.3 is 9.53 Å². The number of hydrogen-bond acceptors (Lipinski definition) is 4. The lowest BCUT2D eigenvalue weighted by Crippen LogP contribution is -1.95. The molecule has 1 aromatic carbocycles. The first-order valence-corrected chi connectivity index (χ1v) is 6.70. The third-order valence-electron chi connectivity index (χ3n) is 2.55. The van der Waals surface area contributed by atoms with E-state index in [4.69, 9.17) is 4.74 Å². The van der Waals surface area contributed by atoms with Crippen molar-refractivity contribution < 1.29 is 9.53 Å². The van der Waals surface area contributed by atoms with Gasteiger partial charge in [0.05, 0.1) is 10.4 Å². The zero-order chi connectivity index (χ0) is 12.8. The second-order valence-corrected chi connectivity index (χ2v) is 5.07. The van der Waals surface area contributed by atoms with Gasteiger partial charge in [0.2, 0.25) is 0 Å². The maximum Gasteiger partial charge on any atom is 0.130 e. The molecule has 4 heteroatoms. The Morgan fingerprint density at radius 1 is 1.33 bits per heavy atom. The second-order valence-electron chi connectivity index (χ2n) is 4.10. The van der Waals surface area contributed by atoms with E-state index in [2.05, 4.69) is 4.98 Å². The van der Waals surface area contributed by atoms with Crippen molar-refractivity contribution in [3.05, 3.63) is 46.4 Å². The highest BCUT2D eigenvalue weighted by Gasteiger charge is 1.99. The summed E-state index contributed by atoms with van der Waals surface area (Å²) in [5.74, 6) is 1.07. The molecular formula is C14H15NO2S. The predicted octanol–water partition coefficient (Wildman–Crippen LogP) is 3.24. The number of aromatic nitrogens is 1. The molecule has 1 aromatic heterocycles. The molecule has 1 heterocycles. The molecule has 0 aliphatic carbocycles. The van der Waals surface area contributed by atoms with E-state index >= 15 is 0 Å². The van der Waals surface area contributed by atoms with Crippen molar-refractivity contribution in [2.75, 3.05) is 0 Å². The molecular weight excluding hydrogens is 246 g/mol. The van der Waals surface area contributed by atoms with Crippen molar-refractivity contribution in [2.45, 2.75) is 26.4 Å². The topological polar surface area (TPSA) is 39.2 Å². The minimum Gasteiger partial charge on any atom is -0.488 e. The number of ketones is 1. The zero-order valence-electron chi connectivity index (χ0n) is 10.3. The van der Waals surface area contributed by atoms with Gasteiger partial charge in [0, 0.05) is 12.6 Å². The zero-order valence-corrected chi connectivity index (χ0v) is 11.1. The molecule has 0 atom stereocenters. The molecule has 0 unspecified atom stereocenters. The molecule has 0 bridgehead atoms. The summed E-state index contributed by atoms with van der Waals surface area (Å²) >= 11 is 1.58. The second kappa shape index (κ2) is 6.31. The Hall–Kier alpha value is -1.68. The van der Waals surface area contributed by atoms with Gasteiger partial charge in [0.1, 0.15) is 18.1 Å². The van der Waals surface area contributed by atoms with Crippen molar-refractivity contribution >= 4 is 17.1 Å². The maximum absolute atomic E-state index is 10.9. The SMILES string of the molecule is CC(=O)CCc1ccc(OCc2cncs2)cc1. The summed E-state index contributed by atoms with van der Waals surface area (Å²) in [7, 11) is 0. The van der Waals surface area contributed by atoms with Crippen molar-refractivity contribution in [1.82, 2.24) is 4.98 Å². The van der Waals surface area contributed by atoms with Gasteiger partial charge in [0.25, 0.3) is 0 Å². The number of benzene rings is 1. The molecule has 0 saturated heterocycles. The van der Waals surface area contributed by atoms with Crippen LogP contribution >= 0.6 is 11.3 Å². The minimum absolute atomic E-state index is 0.223. The molecule has 0 aliphatic heterocycles. The highest BCUT2D eigenvalue weighted by Crippen LogP contribution is 2.16. The van der Waals surface area contributed by atoms with Gasteiger partial charge in [-0.2, -0.15) is 0 Å². The molecule has 0 N–H and O–H groups in total. The molecule has 0 fully saturated rings. The molecule has 94 valence electrons. The van der Waals surface area contributed by atoms with Gasteiger partial charge in [-0.1, -0.05) is 12.1 Å². The third-order valence-corrected chi connectivity index (χ3v) is 3.31. The van der Waals surface area contributed by atoms with Crippen LogP contribution in [0.4, 0.5) is 0 Å². The quantitative estimate of drug-likeness (QED) is 0.801. The fourth-order valence-corrected chi connectivity index (χ4v) is 2.05. The number of hydrogen-bond donors (Lipinski definition) is 0. The van der Waals surface area contributed by atoms with Crippen LogP contribution in [0.15, 0.2) is 36.0 Å². The number of ether oxygens (including phenoxy) is 1. The van der Waals surface area contributed by atoms with Crippen LogP contribution in [0, 0.1) is 0 Å². The lowest BCUT2D eigenvalue weighted by molar-refractivity contribution is -0.116. The average molecular weight is 261 g/mol. The summed E-state index contributed by atoms with van der Waals surface area (Å²) in [5, 5.41) is 0. The largest absolute Gasteiger partial charge is 0.488 e. The highest BCUT2D eigenvalue weighted by molar-refractivity contribution is 7.09. The molecule has 18 heavy (non-hydrogen) atoms. The number of aryl methyl sites for hydroxylation is 1. The van der Waals surface area contributed by atoms with Gasteiger partial charge in [-0.25, -0.2) is 0 Å². The normalized spacial score (nSPS) is 10.3. The molecule has 3 nitrogen and oxygen atoms in total. The van der Waals surface area contributed by atoms with E-state index in [0.717, 1.165) is 22.6 Å². The van der Waals surface area contributed by atoms with Crippen LogP contribution in [0.3, 0.4) is 0 Å². The first-order chi connectivity index (χ1) is 8.74. The Balaban J connectivity index is 1.85. The summed E-state index contributed by atoms with van der Waals surface area (Å²) < 4.78 is 5.63. The fourth-order valence-electron chi connectivity index (χ4n) is 1.54. The Labute approximate surface area is 110 Å². The van der Waals surface area contributed by atoms with Gasteiger partial charge in [-0.3, -0.25) is 4.98 Å². The summed E-state index contributed by atoms with van der Waals surface area (Å²) in [4.78, 5) is 16.0. The third kappa shape index (κ3) is 3.96. The van der Waals surface area contributed by atoms with Gasteiger partial charge in [-0.15, -0.1) is 11.3 Å². The van der Waals surface area contributed by atoms with Crippen LogP contribution in [-0.2, 0) is 17.8 Å². The first kappa shape index (κ1) is 12.8. The maximum atomic E-state index is 10.9. The first-order valence-electron chi connectivity index (χ1n) is 5.82. The minimum atomic E-state index is 0.223. The molecule has 0 radical (unpaired) electrons. The number of Topliss-reactive ketones (excluding diaryl/α,β-unsaturated/α-hetero) is 1. The molecule has 0 spiro atoms. The standard InChI is InChI=1S/C14H15NO2S/c1-11(16)2-3-12-4-6-13(7-5-12)17-9-14-8-15-10-18-14/h4-8,10H,2-3,9H2,1H3. The van der Waals surface area contributed by atoms with Crippen LogP contribution < -0.4 is 4.74 Å². The van der Waals surface area contributed by atoms with E-state index in [9.17, 15) is 4.79 Å². The summed E-state index contributed by atoms with van der Waals surface area (Å²) in [5.41, 5.74) is 2.96. The van der Waals surface area contributed by atoms with Crippen molar-refractivity contribution in [3.63, 3.8) is 0 Å². The number of carbonyl (C=O) groups is 1. The lowest BCUT2D eigenvalue weighted by Gasteiger charge is -2.05. The molecule has 2 rings (SSSR count). The van der Waals surface area contributed by atoms with Crippen molar-refractivity contribution in [1.29, 1.82) is 0 Å². The average Bonchev–Trinajstić information content (AvgIpc) is 2.88. The van der Waals surface area contributed by atoms with Crippen molar-refractivity contribution in [3.8, 4) is 5.75 Å². The predicted molar refractivity (Wildman–Crippen MR) is 71.9 cm³/mol. The fraction of sp³-hybridized carbons (Fsp3) is 0.286. The monoisotopic (exact) mass is 261 g/mol. The van der Waals surface area contributed by atoms with E-state index in [1.807, 2.05) is 30.5 Å². The van der Waals surface area contributed by atoms with Crippen LogP contribution in [0.2, 0.25) is 0 Å². The van der Waals surface area contributed by atoms with E-state index in [1.165, 1.54) is 0 Å². The number of nitrogens with zero attached hydrogens (tertiary/aromatic N) is 1. The molecule has 2 aromatic rings. The van der Waals surface area contributed by atoms with E-state index in [-0.39, 0.29) is 5.78 Å². The number of carbonyl (C=O) groups excluding carboxylic acids is 1. The van der Waals surface area contributed by atoms with E-state index in [0.29, 0.717) is 13.0 Å². The molecule has 0 saturated carbocycles. The van der Waals surface area contributed by atoms with Gasteiger partial charge in [-0.05, 0) is 31.0 Å². The summed E-state index contributed by atoms with van der Waals surface area (Å²) in [6.07, 6.45) is 3.21. The molecule has 0 amide bonds. The summed E-state index contributed by atoms with van der Waals surface area (Å²) in [6.45, 7) is 2.17. The van der Waals surface area contributed by atoms with Crippen LogP contribution in [0.1, 0.15) is 23.8 Å². The van der Waals surface area contributed by atoms with E-state index in [1.54, 1.807) is 23.8 Å².